The highest BCUT2D eigenvalue weighted by molar-refractivity contribution is 6.37. The summed E-state index contributed by atoms with van der Waals surface area (Å²) < 4.78 is 5.08. The smallest absolute Gasteiger partial charge is 0.316 e. The van der Waals surface area contributed by atoms with E-state index < -0.39 is 64.9 Å². The lowest BCUT2D eigenvalue weighted by Gasteiger charge is -2.36. The van der Waals surface area contributed by atoms with Crippen molar-refractivity contribution in [2.75, 3.05) is 13.7 Å². The number of hydrogen-bond acceptors (Lipinski definition) is 8. The number of likely N-dealkylation sites (tertiary alicyclic amines) is 1. The number of urea groups is 1. The molecule has 5 amide bonds. The number of primary amides is 1. The van der Waals surface area contributed by atoms with Gasteiger partial charge in [-0.15, -0.1) is 0 Å². The van der Waals surface area contributed by atoms with Crippen molar-refractivity contribution in [2.45, 2.75) is 90.4 Å². The van der Waals surface area contributed by atoms with Gasteiger partial charge in [0.15, 0.2) is 0 Å². The number of hydrogen-bond donors (Lipinski definition) is 4. The van der Waals surface area contributed by atoms with Gasteiger partial charge in [0.1, 0.15) is 17.8 Å². The maximum atomic E-state index is 13.8. The molecule has 5 N–H and O–H groups in total. The Bertz CT molecular complexity index is 1210. The molecule has 1 aliphatic carbocycles. The number of carbonyl (C=O) groups excluding carboxylic acids is 6. The summed E-state index contributed by atoms with van der Waals surface area (Å²) in [6.45, 7) is 7.35. The van der Waals surface area contributed by atoms with Crippen LogP contribution in [0.4, 0.5) is 4.79 Å². The van der Waals surface area contributed by atoms with E-state index in [-0.39, 0.29) is 30.5 Å². The molecule has 0 radical (unpaired) electrons. The minimum absolute atomic E-state index is 0.130. The quantitative estimate of drug-likeness (QED) is 0.195. The number of nitrogens with two attached hydrogens (primary N) is 1. The van der Waals surface area contributed by atoms with E-state index >= 15 is 0 Å². The summed E-state index contributed by atoms with van der Waals surface area (Å²) >= 11 is 0. The molecular weight excluding hydrogens is 544 g/mol. The van der Waals surface area contributed by atoms with Crippen molar-refractivity contribution in [3.8, 4) is 5.88 Å². The number of pyridine rings is 1. The molecule has 230 valence electrons. The molecule has 42 heavy (non-hydrogen) atoms. The van der Waals surface area contributed by atoms with Crippen molar-refractivity contribution in [2.24, 2.45) is 17.1 Å². The zero-order valence-corrected chi connectivity index (χ0v) is 24.9. The van der Waals surface area contributed by atoms with Gasteiger partial charge in [0.05, 0.1) is 19.2 Å². The standard InChI is InChI=1S/C29H42N6O7/c1-6-17(22(36)18-9-7-11-21(31-18)42-5)33-28(41)34-24(29(2,3)4)27(40)35-14-8-10-20(35)26(39)32-19(15-16-12-13-16)23(37)25(30)38/h7,9,11,16-17,19-20,24H,6,8,10,12-15H2,1-5H3,(H2,30,38)(H,32,39)(H2,33,34,41). The Morgan fingerprint density at radius 3 is 2.31 bits per heavy atom. The van der Waals surface area contributed by atoms with Gasteiger partial charge in [0.25, 0.3) is 5.91 Å². The van der Waals surface area contributed by atoms with E-state index in [0.717, 1.165) is 12.8 Å². The van der Waals surface area contributed by atoms with Crippen LogP contribution in [0, 0.1) is 11.3 Å². The van der Waals surface area contributed by atoms with Crippen LogP contribution in [0.5, 0.6) is 5.88 Å². The van der Waals surface area contributed by atoms with E-state index in [1.165, 1.54) is 18.1 Å². The molecular formula is C29H42N6O7. The largest absolute Gasteiger partial charge is 0.481 e. The monoisotopic (exact) mass is 586 g/mol. The summed E-state index contributed by atoms with van der Waals surface area (Å²) in [5.41, 5.74) is 4.58. The second-order valence-corrected chi connectivity index (χ2v) is 12.0. The summed E-state index contributed by atoms with van der Waals surface area (Å²) in [5.74, 6) is -2.89. The van der Waals surface area contributed by atoms with E-state index in [1.54, 1.807) is 39.8 Å². The van der Waals surface area contributed by atoms with Crippen molar-refractivity contribution < 1.29 is 33.5 Å². The lowest BCUT2D eigenvalue weighted by Crippen LogP contribution is -2.60. The first kappa shape index (κ1) is 32.5. The molecule has 1 saturated heterocycles. The fourth-order valence-corrected chi connectivity index (χ4v) is 5.00. The maximum Gasteiger partial charge on any atom is 0.316 e. The number of ketones is 2. The first-order valence-corrected chi connectivity index (χ1v) is 14.3. The molecule has 2 aliphatic rings. The minimum atomic E-state index is -1.12. The van der Waals surface area contributed by atoms with Crippen LogP contribution in [0.3, 0.4) is 0 Å². The van der Waals surface area contributed by atoms with Crippen molar-refractivity contribution >= 4 is 35.3 Å². The molecule has 1 aromatic heterocycles. The van der Waals surface area contributed by atoms with Crippen molar-refractivity contribution in [3.05, 3.63) is 23.9 Å². The molecule has 13 nitrogen and oxygen atoms in total. The molecule has 3 rings (SSSR count). The molecule has 1 aliphatic heterocycles. The third-order valence-corrected chi connectivity index (χ3v) is 7.58. The fourth-order valence-electron chi connectivity index (χ4n) is 5.00. The number of Topliss-reactive ketones (excluding diaryl/α,β-unsaturated/α-hetero) is 2. The van der Waals surface area contributed by atoms with Gasteiger partial charge in [-0.25, -0.2) is 9.78 Å². The predicted molar refractivity (Wildman–Crippen MR) is 152 cm³/mol. The summed E-state index contributed by atoms with van der Waals surface area (Å²) in [6, 6.07) is 0.179. The molecule has 1 aromatic rings. The molecule has 1 saturated carbocycles. The first-order chi connectivity index (χ1) is 19.8. The number of ether oxygens (including phenoxy) is 1. The van der Waals surface area contributed by atoms with Crippen LogP contribution >= 0.6 is 0 Å². The molecule has 4 atom stereocenters. The molecule has 0 aromatic carbocycles. The number of rotatable bonds is 13. The number of nitrogens with one attached hydrogen (secondary N) is 3. The number of amides is 5. The van der Waals surface area contributed by atoms with Crippen LogP contribution in [-0.2, 0) is 19.2 Å². The second-order valence-electron chi connectivity index (χ2n) is 12.0. The predicted octanol–water partition coefficient (Wildman–Crippen LogP) is 1.10. The Labute approximate surface area is 245 Å². The molecule has 0 spiro atoms. The van der Waals surface area contributed by atoms with E-state index in [2.05, 4.69) is 20.9 Å². The SMILES string of the molecule is CCC(NC(=O)NC(C(=O)N1CCCC1C(=O)NC(CC1CC1)C(=O)C(N)=O)C(C)(C)C)C(=O)c1cccc(OC)n1. The normalized spacial score (nSPS) is 18.8. The summed E-state index contributed by atoms with van der Waals surface area (Å²) in [6.07, 6.45) is 3.33. The van der Waals surface area contributed by atoms with Gasteiger partial charge in [-0.2, -0.15) is 0 Å². The van der Waals surface area contributed by atoms with Crippen molar-refractivity contribution in [3.63, 3.8) is 0 Å². The van der Waals surface area contributed by atoms with Gasteiger partial charge in [-0.05, 0) is 43.1 Å². The summed E-state index contributed by atoms with van der Waals surface area (Å²) in [5, 5.41) is 8.00. The highest BCUT2D eigenvalue weighted by atomic mass is 16.5. The highest BCUT2D eigenvalue weighted by Gasteiger charge is 2.43. The van der Waals surface area contributed by atoms with Gasteiger partial charge < -0.3 is 31.3 Å². The lowest BCUT2D eigenvalue weighted by molar-refractivity contribution is -0.143. The van der Waals surface area contributed by atoms with Crippen LogP contribution in [0.2, 0.25) is 0 Å². The Morgan fingerprint density at radius 2 is 1.74 bits per heavy atom. The third-order valence-electron chi connectivity index (χ3n) is 7.58. The van der Waals surface area contributed by atoms with Crippen molar-refractivity contribution in [1.82, 2.24) is 25.8 Å². The zero-order chi connectivity index (χ0) is 31.2. The van der Waals surface area contributed by atoms with Crippen LogP contribution < -0.4 is 26.4 Å². The Morgan fingerprint density at radius 1 is 1.05 bits per heavy atom. The van der Waals surface area contributed by atoms with Gasteiger partial charge in [-0.1, -0.05) is 46.6 Å². The number of aromatic nitrogens is 1. The Balaban J connectivity index is 1.71. The zero-order valence-electron chi connectivity index (χ0n) is 24.9. The molecule has 0 bridgehead atoms. The number of carbonyl (C=O) groups is 6. The average Bonchev–Trinajstić information content (AvgIpc) is 3.63. The van der Waals surface area contributed by atoms with Crippen LogP contribution in [0.25, 0.3) is 0 Å². The minimum Gasteiger partial charge on any atom is -0.481 e. The van der Waals surface area contributed by atoms with Crippen LogP contribution in [0.15, 0.2) is 18.2 Å². The number of methoxy groups -OCH3 is 1. The Kier molecular flexibility index (Phi) is 10.6. The van der Waals surface area contributed by atoms with E-state index in [0.29, 0.717) is 19.3 Å². The average molecular weight is 587 g/mol. The lowest BCUT2D eigenvalue weighted by atomic mass is 9.85. The van der Waals surface area contributed by atoms with E-state index in [1.807, 2.05) is 0 Å². The third kappa shape index (κ3) is 8.26. The summed E-state index contributed by atoms with van der Waals surface area (Å²) in [7, 11) is 1.44. The van der Waals surface area contributed by atoms with Crippen molar-refractivity contribution in [1.29, 1.82) is 0 Å². The van der Waals surface area contributed by atoms with Gasteiger partial charge >= 0.3 is 6.03 Å². The fraction of sp³-hybridized carbons (Fsp3) is 0.621. The molecule has 13 heteroatoms. The van der Waals surface area contributed by atoms with Gasteiger partial charge in [0.2, 0.25) is 29.3 Å². The molecule has 2 heterocycles. The maximum absolute atomic E-state index is 13.8. The van der Waals surface area contributed by atoms with Gasteiger partial charge in [-0.3, -0.25) is 24.0 Å². The first-order valence-electron chi connectivity index (χ1n) is 14.3. The topological polar surface area (TPSA) is 190 Å². The van der Waals surface area contributed by atoms with E-state index in [4.69, 9.17) is 10.5 Å². The van der Waals surface area contributed by atoms with Gasteiger partial charge in [0, 0.05) is 12.6 Å². The van der Waals surface area contributed by atoms with E-state index in [9.17, 15) is 28.8 Å². The second kappa shape index (κ2) is 13.8. The Hall–Kier alpha value is -4.03. The summed E-state index contributed by atoms with van der Waals surface area (Å²) in [4.78, 5) is 82.7. The molecule has 2 fully saturated rings. The van der Waals surface area contributed by atoms with Crippen LogP contribution in [0.1, 0.15) is 76.7 Å². The number of nitrogens with zero attached hydrogens (tertiary/aromatic N) is 2. The highest BCUT2D eigenvalue weighted by Crippen LogP contribution is 2.34. The van der Waals surface area contributed by atoms with Crippen LogP contribution in [-0.4, -0.2) is 83.0 Å². The molecule has 4 unspecified atom stereocenters.